The van der Waals surface area contributed by atoms with Crippen LogP contribution in [0.1, 0.15) is 23.2 Å². The van der Waals surface area contributed by atoms with Crippen LogP contribution in [0.2, 0.25) is 0 Å². The highest BCUT2D eigenvalue weighted by atomic mass is 19.1. The zero-order chi connectivity index (χ0) is 13.7. The van der Waals surface area contributed by atoms with Crippen LogP contribution in [-0.4, -0.2) is 36.9 Å². The first-order valence-electron chi connectivity index (χ1n) is 6.33. The fourth-order valence-electron chi connectivity index (χ4n) is 2.17. The van der Waals surface area contributed by atoms with Gasteiger partial charge >= 0.3 is 0 Å². The molecule has 0 radical (unpaired) electrons. The van der Waals surface area contributed by atoms with E-state index in [-0.39, 0.29) is 5.56 Å². The molecule has 0 atom stereocenters. The number of hydrogen-bond acceptors (Lipinski definition) is 4. The number of aldehydes is 1. The molecular weight excluding hydrogens is 245 g/mol. The molecule has 100 valence electrons. The Balaban J connectivity index is 1.77. The highest BCUT2D eigenvalue weighted by molar-refractivity contribution is 5.76. The lowest BCUT2D eigenvalue weighted by Crippen LogP contribution is -2.54. The van der Waals surface area contributed by atoms with Gasteiger partial charge in [0.2, 0.25) is 0 Å². The minimum absolute atomic E-state index is 0.0808. The predicted octanol–water partition coefficient (Wildman–Crippen LogP) is 2.04. The molecule has 0 aliphatic carbocycles. The second kappa shape index (κ2) is 6.30. The molecule has 1 aliphatic rings. The molecule has 1 fully saturated rings. The Bertz CT molecular complexity index is 492. The molecule has 5 heteroatoms. The molecule has 4 nitrogen and oxygen atoms in total. The van der Waals surface area contributed by atoms with E-state index in [1.54, 1.807) is 6.07 Å². The highest BCUT2D eigenvalue weighted by Gasteiger charge is 2.25. The van der Waals surface area contributed by atoms with E-state index in [1.165, 1.54) is 12.1 Å². The lowest BCUT2D eigenvalue weighted by atomic mass is 10.1. The molecule has 2 rings (SSSR count). The van der Waals surface area contributed by atoms with E-state index in [0.717, 1.165) is 26.1 Å². The van der Waals surface area contributed by atoms with Crippen LogP contribution in [-0.2, 0) is 0 Å². The number of nitriles is 1. The number of carbonyl (C=O) groups excluding carboxylic acids is 1. The van der Waals surface area contributed by atoms with Crippen molar-refractivity contribution in [1.29, 1.82) is 5.26 Å². The number of likely N-dealkylation sites (tertiary alicyclic amines) is 1. The first-order chi connectivity index (χ1) is 9.22. The summed E-state index contributed by atoms with van der Waals surface area (Å²) < 4.78 is 13.4. The minimum atomic E-state index is -0.495. The standard InChI is InChI=1S/C14H16FN3O/c15-14-7-12(4-3-11(14)10-19)17-13-8-18(9-13)6-2-1-5-16/h3-4,7,10,13,17H,1-2,6,8-9H2. The molecule has 0 aromatic heterocycles. The Labute approximate surface area is 111 Å². The largest absolute Gasteiger partial charge is 0.380 e. The van der Waals surface area contributed by atoms with Crippen LogP contribution in [0, 0.1) is 17.1 Å². The third-order valence-electron chi connectivity index (χ3n) is 3.22. The fourth-order valence-corrected chi connectivity index (χ4v) is 2.17. The van der Waals surface area contributed by atoms with Crippen molar-refractivity contribution in [1.82, 2.24) is 4.90 Å². The summed E-state index contributed by atoms with van der Waals surface area (Å²) in [6.07, 6.45) is 2.00. The Hall–Kier alpha value is -1.93. The monoisotopic (exact) mass is 261 g/mol. The third-order valence-corrected chi connectivity index (χ3v) is 3.22. The first-order valence-corrected chi connectivity index (χ1v) is 6.33. The molecule has 19 heavy (non-hydrogen) atoms. The molecule has 1 aromatic carbocycles. The molecule has 1 heterocycles. The van der Waals surface area contributed by atoms with Crippen LogP contribution in [0.4, 0.5) is 10.1 Å². The van der Waals surface area contributed by atoms with Crippen LogP contribution >= 0.6 is 0 Å². The second-order valence-electron chi connectivity index (χ2n) is 4.72. The van der Waals surface area contributed by atoms with E-state index in [0.29, 0.717) is 24.4 Å². The number of benzene rings is 1. The van der Waals surface area contributed by atoms with Gasteiger partial charge in [0.25, 0.3) is 0 Å². The van der Waals surface area contributed by atoms with E-state index in [1.807, 2.05) is 0 Å². The average molecular weight is 261 g/mol. The number of rotatable bonds is 6. The van der Waals surface area contributed by atoms with Gasteiger partial charge in [-0.2, -0.15) is 5.26 Å². The molecule has 1 aliphatic heterocycles. The van der Waals surface area contributed by atoms with Crippen molar-refractivity contribution in [3.05, 3.63) is 29.6 Å². The molecule has 1 N–H and O–H groups in total. The van der Waals surface area contributed by atoms with E-state index in [9.17, 15) is 9.18 Å². The molecule has 1 aromatic rings. The summed E-state index contributed by atoms with van der Waals surface area (Å²) in [5, 5.41) is 11.7. The van der Waals surface area contributed by atoms with Gasteiger partial charge < -0.3 is 5.32 Å². The number of halogens is 1. The van der Waals surface area contributed by atoms with E-state index in [4.69, 9.17) is 5.26 Å². The number of hydrogen-bond donors (Lipinski definition) is 1. The summed E-state index contributed by atoms with van der Waals surface area (Å²) in [6, 6.07) is 6.98. The van der Waals surface area contributed by atoms with Crippen molar-refractivity contribution >= 4 is 12.0 Å². The fraction of sp³-hybridized carbons (Fsp3) is 0.429. The van der Waals surface area contributed by atoms with Crippen molar-refractivity contribution < 1.29 is 9.18 Å². The Morgan fingerprint density at radius 2 is 2.32 bits per heavy atom. The summed E-state index contributed by atoms with van der Waals surface area (Å²) in [5.41, 5.74) is 0.780. The Morgan fingerprint density at radius 3 is 2.95 bits per heavy atom. The second-order valence-corrected chi connectivity index (χ2v) is 4.72. The molecular formula is C14H16FN3O. The number of unbranched alkanes of at least 4 members (excludes halogenated alkanes) is 1. The van der Waals surface area contributed by atoms with Gasteiger partial charge in [-0.15, -0.1) is 0 Å². The van der Waals surface area contributed by atoms with Gasteiger partial charge in [-0.1, -0.05) is 0 Å². The van der Waals surface area contributed by atoms with Gasteiger partial charge in [-0.3, -0.25) is 9.69 Å². The normalized spacial score (nSPS) is 15.6. The van der Waals surface area contributed by atoms with Gasteiger partial charge in [-0.25, -0.2) is 4.39 Å². The molecule has 1 saturated heterocycles. The number of carbonyl (C=O) groups is 1. The third kappa shape index (κ3) is 3.52. The van der Waals surface area contributed by atoms with E-state index >= 15 is 0 Å². The quantitative estimate of drug-likeness (QED) is 0.629. The zero-order valence-electron chi connectivity index (χ0n) is 10.6. The van der Waals surface area contributed by atoms with Crippen molar-refractivity contribution in [2.75, 3.05) is 25.0 Å². The van der Waals surface area contributed by atoms with Crippen molar-refractivity contribution in [3.8, 4) is 6.07 Å². The summed E-state index contributed by atoms with van der Waals surface area (Å²) in [4.78, 5) is 12.8. The Kier molecular flexibility index (Phi) is 4.48. The molecule has 0 saturated carbocycles. The topological polar surface area (TPSA) is 56.1 Å². The summed E-state index contributed by atoms with van der Waals surface area (Å²) in [6.45, 7) is 2.75. The molecule has 0 unspecified atom stereocenters. The number of nitrogens with one attached hydrogen (secondary N) is 1. The van der Waals surface area contributed by atoms with Gasteiger partial charge in [0, 0.05) is 25.2 Å². The summed E-state index contributed by atoms with van der Waals surface area (Å²) >= 11 is 0. The maximum absolute atomic E-state index is 13.4. The summed E-state index contributed by atoms with van der Waals surface area (Å²) in [5.74, 6) is -0.495. The Morgan fingerprint density at radius 1 is 1.53 bits per heavy atom. The maximum Gasteiger partial charge on any atom is 0.152 e. The van der Waals surface area contributed by atoms with Gasteiger partial charge in [0.05, 0.1) is 17.7 Å². The minimum Gasteiger partial charge on any atom is -0.380 e. The SMILES string of the molecule is N#CCCCN1CC(Nc2ccc(C=O)c(F)c2)C1. The zero-order valence-corrected chi connectivity index (χ0v) is 10.6. The van der Waals surface area contributed by atoms with Crippen molar-refractivity contribution in [2.45, 2.75) is 18.9 Å². The lowest BCUT2D eigenvalue weighted by molar-refractivity contribution is 0.112. The molecule has 0 spiro atoms. The van der Waals surface area contributed by atoms with Gasteiger partial charge in [0.15, 0.2) is 6.29 Å². The van der Waals surface area contributed by atoms with Crippen LogP contribution in [0.25, 0.3) is 0 Å². The van der Waals surface area contributed by atoms with Gasteiger partial charge in [0.1, 0.15) is 5.82 Å². The first kappa shape index (κ1) is 13.5. The number of anilines is 1. The summed E-state index contributed by atoms with van der Waals surface area (Å²) in [7, 11) is 0. The van der Waals surface area contributed by atoms with Crippen LogP contribution in [0.15, 0.2) is 18.2 Å². The van der Waals surface area contributed by atoms with Crippen LogP contribution in [0.3, 0.4) is 0 Å². The maximum atomic E-state index is 13.4. The molecule has 0 bridgehead atoms. The highest BCUT2D eigenvalue weighted by Crippen LogP contribution is 2.18. The van der Waals surface area contributed by atoms with Crippen LogP contribution < -0.4 is 5.32 Å². The average Bonchev–Trinajstić information content (AvgIpc) is 2.36. The predicted molar refractivity (Wildman–Crippen MR) is 70.5 cm³/mol. The molecule has 0 amide bonds. The van der Waals surface area contributed by atoms with Crippen molar-refractivity contribution in [3.63, 3.8) is 0 Å². The van der Waals surface area contributed by atoms with Crippen molar-refractivity contribution in [2.24, 2.45) is 0 Å². The smallest absolute Gasteiger partial charge is 0.152 e. The lowest BCUT2D eigenvalue weighted by Gasteiger charge is -2.40. The van der Waals surface area contributed by atoms with Crippen LogP contribution in [0.5, 0.6) is 0 Å². The van der Waals surface area contributed by atoms with E-state index in [2.05, 4.69) is 16.3 Å². The number of nitrogens with zero attached hydrogens (tertiary/aromatic N) is 2. The van der Waals surface area contributed by atoms with Gasteiger partial charge in [-0.05, 0) is 31.2 Å². The van der Waals surface area contributed by atoms with E-state index < -0.39 is 5.82 Å².